The summed E-state index contributed by atoms with van der Waals surface area (Å²) in [6, 6.07) is 8.74. The summed E-state index contributed by atoms with van der Waals surface area (Å²) >= 11 is 0. The molecule has 1 aliphatic rings. The molecule has 0 bridgehead atoms. The van der Waals surface area contributed by atoms with Gasteiger partial charge in [0.15, 0.2) is 0 Å². The van der Waals surface area contributed by atoms with Gasteiger partial charge in [-0.05, 0) is 74.7 Å². The quantitative estimate of drug-likeness (QED) is 0.429. The molecule has 0 spiro atoms. The molecule has 1 fully saturated rings. The van der Waals surface area contributed by atoms with Gasteiger partial charge in [-0.1, -0.05) is 6.07 Å². The first-order valence-electron chi connectivity index (χ1n) is 12.9. The molecule has 37 heavy (non-hydrogen) atoms. The minimum atomic E-state index is -4.41. The van der Waals surface area contributed by atoms with Gasteiger partial charge < -0.3 is 19.7 Å². The number of hydrogen-bond acceptors (Lipinski definition) is 5. The molecule has 1 N–H and O–H groups in total. The zero-order valence-electron chi connectivity index (χ0n) is 22.2. The fourth-order valence-corrected chi connectivity index (χ4v) is 4.57. The lowest BCUT2D eigenvalue weighted by molar-refractivity contribution is -0.137. The van der Waals surface area contributed by atoms with Crippen LogP contribution in [0.15, 0.2) is 36.4 Å². The minimum Gasteiger partial charge on any atom is -0.492 e. The van der Waals surface area contributed by atoms with Crippen molar-refractivity contribution in [1.82, 2.24) is 15.1 Å². The average Bonchev–Trinajstić information content (AvgIpc) is 2.89. The molecule has 0 saturated carbocycles. The maximum atomic E-state index is 12.8. The predicted molar refractivity (Wildman–Crippen MR) is 138 cm³/mol. The Morgan fingerprint density at radius 2 is 1.62 bits per heavy atom. The van der Waals surface area contributed by atoms with E-state index in [0.717, 1.165) is 43.1 Å². The molecule has 9 heteroatoms. The van der Waals surface area contributed by atoms with Gasteiger partial charge in [0.1, 0.15) is 12.4 Å². The van der Waals surface area contributed by atoms with E-state index in [1.165, 1.54) is 23.3 Å². The largest absolute Gasteiger partial charge is 0.492 e. The number of carbonyl (C=O) groups is 1. The predicted octanol–water partition coefficient (Wildman–Crippen LogP) is 4.85. The van der Waals surface area contributed by atoms with E-state index >= 15 is 0 Å². The van der Waals surface area contributed by atoms with Crippen LogP contribution in [0.2, 0.25) is 0 Å². The zero-order valence-corrected chi connectivity index (χ0v) is 22.2. The van der Waals surface area contributed by atoms with Crippen LogP contribution in [0.25, 0.3) is 0 Å². The zero-order chi connectivity index (χ0) is 27.0. The number of ether oxygens (including phenoxy) is 2. The van der Waals surface area contributed by atoms with Crippen LogP contribution in [0, 0.1) is 13.8 Å². The van der Waals surface area contributed by atoms with Gasteiger partial charge >= 0.3 is 6.18 Å². The van der Waals surface area contributed by atoms with E-state index in [4.69, 9.17) is 9.47 Å². The molecule has 0 aliphatic carbocycles. The third kappa shape index (κ3) is 7.69. The van der Waals surface area contributed by atoms with Crippen molar-refractivity contribution in [3.05, 3.63) is 64.2 Å². The van der Waals surface area contributed by atoms with Crippen LogP contribution in [0.4, 0.5) is 13.2 Å². The van der Waals surface area contributed by atoms with E-state index in [2.05, 4.69) is 37.1 Å². The Balaban J connectivity index is 1.52. The monoisotopic (exact) mass is 521 g/mol. The van der Waals surface area contributed by atoms with Gasteiger partial charge in [-0.15, -0.1) is 0 Å². The van der Waals surface area contributed by atoms with Crippen molar-refractivity contribution >= 4 is 5.91 Å². The second-order valence-electron chi connectivity index (χ2n) is 9.28. The van der Waals surface area contributed by atoms with Crippen LogP contribution in [-0.4, -0.2) is 74.8 Å². The first-order valence-corrected chi connectivity index (χ1v) is 12.9. The number of carbonyl (C=O) groups excluding carboxylic acids is 1. The van der Waals surface area contributed by atoms with E-state index in [1.54, 1.807) is 4.90 Å². The first-order chi connectivity index (χ1) is 17.6. The van der Waals surface area contributed by atoms with E-state index in [1.807, 2.05) is 13.0 Å². The molecule has 2 aromatic carbocycles. The summed E-state index contributed by atoms with van der Waals surface area (Å²) in [6.07, 6.45) is -4.41. The Kier molecular flexibility index (Phi) is 10.4. The molecule has 6 nitrogen and oxygen atoms in total. The van der Waals surface area contributed by atoms with Gasteiger partial charge in [-0.3, -0.25) is 9.69 Å². The van der Waals surface area contributed by atoms with Gasteiger partial charge in [-0.2, -0.15) is 13.2 Å². The van der Waals surface area contributed by atoms with Crippen LogP contribution in [0.1, 0.15) is 52.5 Å². The van der Waals surface area contributed by atoms with Crippen LogP contribution in [-0.2, 0) is 10.9 Å². The Hall–Kier alpha value is -2.62. The molecule has 3 rings (SSSR count). The summed E-state index contributed by atoms with van der Waals surface area (Å²) in [7, 11) is 0. The second kappa shape index (κ2) is 13.3. The average molecular weight is 522 g/mol. The lowest BCUT2D eigenvalue weighted by Crippen LogP contribution is -2.49. The first kappa shape index (κ1) is 28.9. The van der Waals surface area contributed by atoms with E-state index in [9.17, 15) is 18.0 Å². The maximum Gasteiger partial charge on any atom is 0.416 e. The topological polar surface area (TPSA) is 54.0 Å². The number of rotatable bonds is 11. The Morgan fingerprint density at radius 3 is 2.24 bits per heavy atom. The number of alkyl halides is 3. The van der Waals surface area contributed by atoms with Gasteiger partial charge in [0.25, 0.3) is 5.91 Å². The fraction of sp³-hybridized carbons (Fsp3) is 0.536. The van der Waals surface area contributed by atoms with Crippen LogP contribution in [0.3, 0.4) is 0 Å². The number of hydrogen-bond donors (Lipinski definition) is 1. The van der Waals surface area contributed by atoms with Crippen LogP contribution in [0.5, 0.6) is 5.75 Å². The summed E-state index contributed by atoms with van der Waals surface area (Å²) in [5.74, 6) is 0.647. The van der Waals surface area contributed by atoms with Crippen molar-refractivity contribution in [3.8, 4) is 5.75 Å². The standard InChI is InChI=1S/C28H38F3N3O3/c1-5-36-18-12-32-13-19-37-26-11-10-25(20(2)21(26)3)22(4)33-14-16-34(17-15-33)27(35)23-6-8-24(9-7-23)28(29,30)31/h6-11,22,32H,5,12-19H2,1-4H3. The molecule has 0 aromatic heterocycles. The van der Waals surface area contributed by atoms with Crippen molar-refractivity contribution in [1.29, 1.82) is 0 Å². The van der Waals surface area contributed by atoms with Crippen LogP contribution < -0.4 is 10.1 Å². The van der Waals surface area contributed by atoms with Crippen molar-refractivity contribution in [2.75, 3.05) is 59.1 Å². The molecule has 1 heterocycles. The third-order valence-corrected chi connectivity index (χ3v) is 7.00. The second-order valence-corrected chi connectivity index (χ2v) is 9.28. The van der Waals surface area contributed by atoms with Crippen LogP contribution >= 0.6 is 0 Å². The number of amides is 1. The van der Waals surface area contributed by atoms with Gasteiger partial charge in [0, 0.05) is 57.5 Å². The highest BCUT2D eigenvalue weighted by Gasteiger charge is 2.31. The number of benzene rings is 2. The van der Waals surface area contributed by atoms with Gasteiger partial charge in [0.2, 0.25) is 0 Å². The van der Waals surface area contributed by atoms with Crippen molar-refractivity contribution in [3.63, 3.8) is 0 Å². The van der Waals surface area contributed by atoms with Crippen molar-refractivity contribution < 1.29 is 27.4 Å². The number of nitrogens with one attached hydrogen (secondary N) is 1. The number of nitrogens with zero attached hydrogens (tertiary/aromatic N) is 2. The maximum absolute atomic E-state index is 12.8. The summed E-state index contributed by atoms with van der Waals surface area (Å²) in [4.78, 5) is 16.9. The van der Waals surface area contributed by atoms with Crippen molar-refractivity contribution in [2.24, 2.45) is 0 Å². The molecule has 1 atom stereocenters. The third-order valence-electron chi connectivity index (χ3n) is 7.00. The Labute approximate surface area is 217 Å². The lowest BCUT2D eigenvalue weighted by Gasteiger charge is -2.39. The highest BCUT2D eigenvalue weighted by atomic mass is 19.4. The summed E-state index contributed by atoms with van der Waals surface area (Å²) in [6.45, 7) is 14.3. The normalized spacial score (nSPS) is 15.6. The molecule has 2 aromatic rings. The molecule has 204 valence electrons. The number of piperazine rings is 1. The molecular weight excluding hydrogens is 483 g/mol. The number of halogens is 3. The molecule has 1 saturated heterocycles. The lowest BCUT2D eigenvalue weighted by atomic mass is 9.96. The molecule has 1 aliphatic heterocycles. The highest BCUT2D eigenvalue weighted by Crippen LogP contribution is 2.32. The highest BCUT2D eigenvalue weighted by molar-refractivity contribution is 5.94. The minimum absolute atomic E-state index is 0.163. The summed E-state index contributed by atoms with van der Waals surface area (Å²) in [5, 5.41) is 3.30. The van der Waals surface area contributed by atoms with E-state index in [0.29, 0.717) is 39.4 Å². The molecular formula is C28H38F3N3O3. The van der Waals surface area contributed by atoms with E-state index < -0.39 is 11.7 Å². The smallest absolute Gasteiger partial charge is 0.416 e. The molecule has 1 unspecified atom stereocenters. The summed E-state index contributed by atoms with van der Waals surface area (Å²) < 4.78 is 49.7. The molecule has 1 amide bonds. The van der Waals surface area contributed by atoms with Gasteiger partial charge in [0.05, 0.1) is 12.2 Å². The van der Waals surface area contributed by atoms with Gasteiger partial charge in [-0.25, -0.2) is 0 Å². The Bertz CT molecular complexity index is 1020. The summed E-state index contributed by atoms with van der Waals surface area (Å²) in [5.41, 5.74) is 3.06. The fourth-order valence-electron chi connectivity index (χ4n) is 4.57. The van der Waals surface area contributed by atoms with Crippen molar-refractivity contribution in [2.45, 2.75) is 39.9 Å². The molecule has 0 radical (unpaired) electrons. The SMILES string of the molecule is CCOCCNCCOc1ccc(C(C)N2CCN(C(=O)c3ccc(C(F)(F)F)cc3)CC2)c(C)c1C. The Morgan fingerprint density at radius 1 is 0.973 bits per heavy atom. The van der Waals surface area contributed by atoms with E-state index in [-0.39, 0.29) is 17.5 Å².